The largest absolute Gasteiger partial charge is 0.333 e. The molecule has 1 aromatic heterocycles. The standard InChI is InChI=1S/C12H11N3O2S/c1-15-8-14-11(7-13)12(15)9-3-5-10(6-4-9)18(2,16)17/h3-6,8H,1-2H3. The Morgan fingerprint density at radius 1 is 1.28 bits per heavy atom. The van der Waals surface area contributed by atoms with Crippen LogP contribution in [0.15, 0.2) is 35.5 Å². The topological polar surface area (TPSA) is 75.8 Å². The molecule has 0 radical (unpaired) electrons. The molecule has 92 valence electrons. The lowest BCUT2D eigenvalue weighted by atomic mass is 10.1. The first-order chi connectivity index (χ1) is 8.43. The number of nitrogens with zero attached hydrogens (tertiary/aromatic N) is 3. The van der Waals surface area contributed by atoms with Crippen molar-refractivity contribution in [1.29, 1.82) is 5.26 Å². The van der Waals surface area contributed by atoms with Crippen molar-refractivity contribution >= 4 is 9.84 Å². The van der Waals surface area contributed by atoms with Gasteiger partial charge in [0.05, 0.1) is 16.9 Å². The number of sulfone groups is 1. The zero-order chi connectivity index (χ0) is 13.3. The molecule has 2 rings (SSSR count). The molecule has 0 saturated heterocycles. The van der Waals surface area contributed by atoms with Crippen molar-refractivity contribution in [3.05, 3.63) is 36.3 Å². The van der Waals surface area contributed by atoms with Crippen LogP contribution >= 0.6 is 0 Å². The molecule has 0 N–H and O–H groups in total. The summed E-state index contributed by atoms with van der Waals surface area (Å²) in [5.41, 5.74) is 1.76. The lowest BCUT2D eigenvalue weighted by molar-refractivity contribution is 0.602. The minimum atomic E-state index is -3.20. The zero-order valence-corrected chi connectivity index (χ0v) is 10.8. The van der Waals surface area contributed by atoms with E-state index in [0.717, 1.165) is 11.8 Å². The fraction of sp³-hybridized carbons (Fsp3) is 0.167. The van der Waals surface area contributed by atoms with Crippen LogP contribution in [0.5, 0.6) is 0 Å². The van der Waals surface area contributed by atoms with E-state index >= 15 is 0 Å². The van der Waals surface area contributed by atoms with Gasteiger partial charge in [0.2, 0.25) is 0 Å². The van der Waals surface area contributed by atoms with Gasteiger partial charge in [-0.25, -0.2) is 13.4 Å². The van der Waals surface area contributed by atoms with Gasteiger partial charge in [-0.05, 0) is 12.1 Å². The normalized spacial score (nSPS) is 11.2. The third kappa shape index (κ3) is 2.13. The number of benzene rings is 1. The van der Waals surface area contributed by atoms with Gasteiger partial charge in [0.15, 0.2) is 15.5 Å². The van der Waals surface area contributed by atoms with Gasteiger partial charge in [0.25, 0.3) is 0 Å². The molecule has 5 nitrogen and oxygen atoms in total. The van der Waals surface area contributed by atoms with Crippen molar-refractivity contribution in [1.82, 2.24) is 9.55 Å². The highest BCUT2D eigenvalue weighted by Crippen LogP contribution is 2.23. The molecule has 0 saturated carbocycles. The van der Waals surface area contributed by atoms with E-state index in [4.69, 9.17) is 5.26 Å². The molecule has 0 aliphatic rings. The van der Waals surface area contributed by atoms with Gasteiger partial charge < -0.3 is 4.57 Å². The summed E-state index contributed by atoms with van der Waals surface area (Å²) in [5.74, 6) is 0. The maximum absolute atomic E-state index is 11.4. The van der Waals surface area contributed by atoms with Crippen LogP contribution in [-0.4, -0.2) is 24.2 Å². The predicted molar refractivity (Wildman–Crippen MR) is 66.5 cm³/mol. The Bertz CT molecular complexity index is 722. The van der Waals surface area contributed by atoms with Crippen LogP contribution in [0, 0.1) is 11.3 Å². The Morgan fingerprint density at radius 2 is 1.89 bits per heavy atom. The molecular formula is C12H11N3O2S. The van der Waals surface area contributed by atoms with E-state index in [-0.39, 0.29) is 4.90 Å². The molecule has 18 heavy (non-hydrogen) atoms. The second kappa shape index (κ2) is 4.27. The summed E-state index contributed by atoms with van der Waals surface area (Å²) < 4.78 is 24.4. The summed E-state index contributed by atoms with van der Waals surface area (Å²) in [4.78, 5) is 4.22. The summed E-state index contributed by atoms with van der Waals surface area (Å²) in [6.45, 7) is 0. The first-order valence-electron chi connectivity index (χ1n) is 5.15. The third-order valence-electron chi connectivity index (χ3n) is 2.60. The number of aryl methyl sites for hydroxylation is 1. The molecule has 0 amide bonds. The Morgan fingerprint density at radius 3 is 2.39 bits per heavy atom. The predicted octanol–water partition coefficient (Wildman–Crippen LogP) is 1.36. The molecule has 2 aromatic rings. The monoisotopic (exact) mass is 261 g/mol. The average Bonchev–Trinajstić information content (AvgIpc) is 2.69. The quantitative estimate of drug-likeness (QED) is 0.818. The van der Waals surface area contributed by atoms with Crippen molar-refractivity contribution in [3.63, 3.8) is 0 Å². The maximum atomic E-state index is 11.4. The van der Waals surface area contributed by atoms with Gasteiger partial charge in [-0.3, -0.25) is 0 Å². The Labute approximate surface area is 105 Å². The number of nitriles is 1. The third-order valence-corrected chi connectivity index (χ3v) is 3.73. The summed E-state index contributed by atoms with van der Waals surface area (Å²) in [6.07, 6.45) is 2.71. The van der Waals surface area contributed by atoms with E-state index in [1.54, 1.807) is 30.1 Å². The number of aromatic nitrogens is 2. The van der Waals surface area contributed by atoms with Crippen LogP contribution in [0.2, 0.25) is 0 Å². The first-order valence-corrected chi connectivity index (χ1v) is 7.04. The molecular weight excluding hydrogens is 250 g/mol. The van der Waals surface area contributed by atoms with E-state index in [1.165, 1.54) is 12.1 Å². The molecule has 0 aliphatic carbocycles. The molecule has 0 unspecified atom stereocenters. The Hall–Kier alpha value is -2.13. The SMILES string of the molecule is Cn1cnc(C#N)c1-c1ccc(S(C)(=O)=O)cc1. The maximum Gasteiger partial charge on any atom is 0.175 e. The molecule has 1 aromatic carbocycles. The minimum Gasteiger partial charge on any atom is -0.333 e. The smallest absolute Gasteiger partial charge is 0.175 e. The molecule has 0 spiro atoms. The number of hydrogen-bond acceptors (Lipinski definition) is 4. The number of rotatable bonds is 2. The van der Waals surface area contributed by atoms with Crippen LogP contribution < -0.4 is 0 Å². The summed E-state index contributed by atoms with van der Waals surface area (Å²) in [6, 6.07) is 8.41. The number of hydrogen-bond donors (Lipinski definition) is 0. The lowest BCUT2D eigenvalue weighted by Gasteiger charge is -2.04. The highest BCUT2D eigenvalue weighted by atomic mass is 32.2. The average molecular weight is 261 g/mol. The Kier molecular flexibility index (Phi) is 2.93. The molecule has 0 aliphatic heterocycles. The Balaban J connectivity index is 2.54. The van der Waals surface area contributed by atoms with Gasteiger partial charge >= 0.3 is 0 Å². The summed E-state index contributed by atoms with van der Waals surface area (Å²) in [5, 5.41) is 8.96. The van der Waals surface area contributed by atoms with Crippen LogP contribution in [0.25, 0.3) is 11.3 Å². The van der Waals surface area contributed by atoms with Crippen molar-refractivity contribution in [2.24, 2.45) is 7.05 Å². The second-order valence-corrected chi connectivity index (χ2v) is 5.98. The van der Waals surface area contributed by atoms with Crippen LogP contribution in [0.3, 0.4) is 0 Å². The number of imidazole rings is 1. The molecule has 0 fully saturated rings. The van der Waals surface area contributed by atoms with Crippen LogP contribution in [-0.2, 0) is 16.9 Å². The highest BCUT2D eigenvalue weighted by molar-refractivity contribution is 7.90. The summed E-state index contributed by atoms with van der Waals surface area (Å²) >= 11 is 0. The van der Waals surface area contributed by atoms with Crippen molar-refractivity contribution < 1.29 is 8.42 Å². The molecule has 6 heteroatoms. The van der Waals surface area contributed by atoms with Crippen molar-refractivity contribution in [3.8, 4) is 17.3 Å². The van der Waals surface area contributed by atoms with Crippen molar-refractivity contribution in [2.45, 2.75) is 4.90 Å². The van der Waals surface area contributed by atoms with E-state index < -0.39 is 9.84 Å². The van der Waals surface area contributed by atoms with Crippen LogP contribution in [0.1, 0.15) is 5.69 Å². The molecule has 1 heterocycles. The fourth-order valence-corrected chi connectivity index (χ4v) is 2.34. The van der Waals surface area contributed by atoms with Gasteiger partial charge in [0, 0.05) is 18.9 Å². The first kappa shape index (κ1) is 12.3. The van der Waals surface area contributed by atoms with E-state index in [1.807, 2.05) is 6.07 Å². The van der Waals surface area contributed by atoms with Crippen molar-refractivity contribution in [2.75, 3.05) is 6.26 Å². The minimum absolute atomic E-state index is 0.256. The summed E-state index contributed by atoms with van der Waals surface area (Å²) in [7, 11) is -1.42. The molecule has 0 atom stereocenters. The highest BCUT2D eigenvalue weighted by Gasteiger charge is 2.12. The van der Waals surface area contributed by atoms with E-state index in [2.05, 4.69) is 4.98 Å². The zero-order valence-electron chi connectivity index (χ0n) is 9.95. The van der Waals surface area contributed by atoms with E-state index in [9.17, 15) is 8.42 Å². The van der Waals surface area contributed by atoms with Gasteiger partial charge in [0.1, 0.15) is 6.07 Å². The van der Waals surface area contributed by atoms with Gasteiger partial charge in [-0.1, -0.05) is 12.1 Å². The van der Waals surface area contributed by atoms with E-state index in [0.29, 0.717) is 11.4 Å². The lowest BCUT2D eigenvalue weighted by Crippen LogP contribution is -1.97. The fourth-order valence-electron chi connectivity index (χ4n) is 1.71. The van der Waals surface area contributed by atoms with Crippen LogP contribution in [0.4, 0.5) is 0 Å². The second-order valence-electron chi connectivity index (χ2n) is 3.96. The molecule has 0 bridgehead atoms. The van der Waals surface area contributed by atoms with Gasteiger partial charge in [-0.15, -0.1) is 0 Å². The van der Waals surface area contributed by atoms with Gasteiger partial charge in [-0.2, -0.15) is 5.26 Å².